The van der Waals surface area contributed by atoms with Gasteiger partial charge in [-0.25, -0.2) is 9.59 Å². The van der Waals surface area contributed by atoms with Gasteiger partial charge in [0.15, 0.2) is 0 Å². The van der Waals surface area contributed by atoms with E-state index < -0.39 is 18.1 Å². The van der Waals surface area contributed by atoms with Crippen molar-refractivity contribution in [3.63, 3.8) is 0 Å². The van der Waals surface area contributed by atoms with Gasteiger partial charge in [-0.05, 0) is 74.4 Å². The summed E-state index contributed by atoms with van der Waals surface area (Å²) in [5.41, 5.74) is 8.17. The van der Waals surface area contributed by atoms with Crippen LogP contribution in [0, 0.1) is 0 Å². The number of nitrogens with one attached hydrogen (secondary N) is 1. The topological polar surface area (TPSA) is 195 Å². The summed E-state index contributed by atoms with van der Waals surface area (Å²) < 4.78 is 5.74. The normalized spacial score (nSPS) is 15.6. The first kappa shape index (κ1) is 32.9. The summed E-state index contributed by atoms with van der Waals surface area (Å²) in [5, 5.41) is 38.5. The van der Waals surface area contributed by atoms with Crippen LogP contribution in [0.2, 0.25) is 0 Å². The molecule has 1 saturated heterocycles. The SMILES string of the molecule is CCCN(Cc1nnc(C(N)Cc2ccc(O)cc2)o1)C(=O)NC(C)Cc1ccc(O)cc1.O=CN1CCCC1C(=O)O. The second-order valence-corrected chi connectivity index (χ2v) is 10.5. The number of aliphatic carboxylic acids is 1. The smallest absolute Gasteiger partial charge is 0.326 e. The Morgan fingerprint density at radius 3 is 2.23 bits per heavy atom. The van der Waals surface area contributed by atoms with Crippen LogP contribution in [0.5, 0.6) is 11.5 Å². The molecular formula is C30H40N6O7. The van der Waals surface area contributed by atoms with E-state index in [2.05, 4.69) is 15.5 Å². The lowest BCUT2D eigenvalue weighted by atomic mass is 10.1. The van der Waals surface area contributed by atoms with Gasteiger partial charge in [-0.2, -0.15) is 0 Å². The van der Waals surface area contributed by atoms with Gasteiger partial charge >= 0.3 is 12.0 Å². The Hall–Kier alpha value is -4.65. The average Bonchev–Trinajstić information content (AvgIpc) is 3.66. The molecule has 3 amide bonds. The number of benzene rings is 2. The van der Waals surface area contributed by atoms with E-state index in [1.807, 2.05) is 26.0 Å². The zero-order valence-electron chi connectivity index (χ0n) is 24.4. The van der Waals surface area contributed by atoms with Gasteiger partial charge in [-0.1, -0.05) is 31.2 Å². The molecule has 4 rings (SSSR count). The molecule has 2 aromatic carbocycles. The molecule has 0 saturated carbocycles. The summed E-state index contributed by atoms with van der Waals surface area (Å²) in [6.07, 6.45) is 3.90. The molecule has 6 N–H and O–H groups in total. The highest BCUT2D eigenvalue weighted by Gasteiger charge is 2.28. The first-order chi connectivity index (χ1) is 20.6. The van der Waals surface area contributed by atoms with Gasteiger partial charge in [-0.15, -0.1) is 10.2 Å². The van der Waals surface area contributed by atoms with Gasteiger partial charge in [0.05, 0.1) is 6.04 Å². The van der Waals surface area contributed by atoms with Crippen LogP contribution in [0.3, 0.4) is 0 Å². The number of carbonyl (C=O) groups is 3. The molecule has 13 heteroatoms. The molecule has 1 fully saturated rings. The van der Waals surface area contributed by atoms with Gasteiger partial charge in [0.1, 0.15) is 24.1 Å². The Morgan fingerprint density at radius 1 is 1.09 bits per heavy atom. The van der Waals surface area contributed by atoms with Gasteiger partial charge in [0.2, 0.25) is 18.2 Å². The molecule has 1 aliphatic heterocycles. The van der Waals surface area contributed by atoms with Crippen molar-refractivity contribution in [2.24, 2.45) is 5.73 Å². The first-order valence-corrected chi connectivity index (χ1v) is 14.2. The molecule has 0 spiro atoms. The van der Waals surface area contributed by atoms with Crippen LogP contribution < -0.4 is 11.1 Å². The minimum Gasteiger partial charge on any atom is -0.508 e. The van der Waals surface area contributed by atoms with Crippen LogP contribution in [0.15, 0.2) is 52.9 Å². The van der Waals surface area contributed by atoms with Crippen molar-refractivity contribution in [2.45, 2.75) is 70.6 Å². The molecular weight excluding hydrogens is 556 g/mol. The second kappa shape index (κ2) is 16.1. The number of rotatable bonds is 12. The average molecular weight is 597 g/mol. The van der Waals surface area contributed by atoms with E-state index in [1.54, 1.807) is 41.3 Å². The number of phenolic OH excluding ortho intramolecular Hbond substituents is 2. The fourth-order valence-electron chi connectivity index (χ4n) is 4.66. The van der Waals surface area contributed by atoms with E-state index in [-0.39, 0.29) is 30.1 Å². The number of aromatic nitrogens is 2. The van der Waals surface area contributed by atoms with Crippen molar-refractivity contribution in [1.29, 1.82) is 0 Å². The summed E-state index contributed by atoms with van der Waals surface area (Å²) in [7, 11) is 0. The number of nitrogens with zero attached hydrogens (tertiary/aromatic N) is 4. The van der Waals surface area contributed by atoms with Gasteiger partial charge in [-0.3, -0.25) is 4.79 Å². The molecule has 1 aromatic heterocycles. The Morgan fingerprint density at radius 2 is 1.70 bits per heavy atom. The molecule has 232 valence electrons. The lowest BCUT2D eigenvalue weighted by Crippen LogP contribution is -2.44. The zero-order chi connectivity index (χ0) is 31.4. The summed E-state index contributed by atoms with van der Waals surface area (Å²) in [4.78, 5) is 36.4. The summed E-state index contributed by atoms with van der Waals surface area (Å²) in [6.45, 7) is 5.23. The zero-order valence-corrected chi connectivity index (χ0v) is 24.4. The Balaban J connectivity index is 0.000000428. The van der Waals surface area contributed by atoms with Crippen LogP contribution in [-0.2, 0) is 29.0 Å². The third-order valence-electron chi connectivity index (χ3n) is 6.86. The monoisotopic (exact) mass is 596 g/mol. The number of nitrogens with two attached hydrogens (primary N) is 1. The van der Waals surface area contributed by atoms with Gasteiger partial charge < -0.3 is 40.6 Å². The number of carbonyl (C=O) groups excluding carboxylic acids is 2. The Bertz CT molecular complexity index is 1320. The molecule has 1 aliphatic rings. The number of phenols is 2. The molecule has 2 heterocycles. The number of hydrogen-bond donors (Lipinski definition) is 5. The summed E-state index contributed by atoms with van der Waals surface area (Å²) in [5.74, 6) is 0.131. The highest BCUT2D eigenvalue weighted by Crippen LogP contribution is 2.18. The van der Waals surface area contributed by atoms with Crippen molar-refractivity contribution in [2.75, 3.05) is 13.1 Å². The molecule has 3 atom stereocenters. The number of hydrogen-bond acceptors (Lipinski definition) is 9. The predicted molar refractivity (Wildman–Crippen MR) is 157 cm³/mol. The highest BCUT2D eigenvalue weighted by atomic mass is 16.4. The minimum atomic E-state index is -0.899. The van der Waals surface area contributed by atoms with E-state index in [9.17, 15) is 24.6 Å². The largest absolute Gasteiger partial charge is 0.508 e. The number of carboxylic acid groups (broad SMARTS) is 1. The molecule has 13 nitrogen and oxygen atoms in total. The van der Waals surface area contributed by atoms with Crippen LogP contribution >= 0.6 is 0 Å². The Labute approximate surface area is 250 Å². The standard InChI is InChI=1S/C24H31N5O4.C6H9NO3/c1-3-12-29(24(32)26-16(2)13-17-4-8-19(30)9-5-17)15-22-27-28-23(33-22)21(25)14-18-6-10-20(31)11-7-18;8-4-7-3-1-2-5(7)6(9)10/h4-11,16,21,30-31H,3,12-15,25H2,1-2H3,(H,26,32);4-5H,1-3H2,(H,9,10). The molecule has 3 unspecified atom stereocenters. The van der Waals surface area contributed by atoms with Crippen molar-refractivity contribution in [3.8, 4) is 11.5 Å². The number of aromatic hydroxyl groups is 2. The first-order valence-electron chi connectivity index (χ1n) is 14.2. The highest BCUT2D eigenvalue weighted by molar-refractivity contribution is 5.76. The quantitative estimate of drug-likeness (QED) is 0.194. The maximum atomic E-state index is 12.8. The van der Waals surface area contributed by atoms with Crippen molar-refractivity contribution in [3.05, 3.63) is 71.4 Å². The third kappa shape index (κ3) is 10.3. The van der Waals surface area contributed by atoms with Crippen LogP contribution in [0.1, 0.15) is 62.1 Å². The predicted octanol–water partition coefficient (Wildman–Crippen LogP) is 2.97. The fourth-order valence-corrected chi connectivity index (χ4v) is 4.66. The molecule has 0 aliphatic carbocycles. The van der Waals surface area contributed by atoms with Crippen molar-refractivity contribution >= 4 is 18.4 Å². The number of carboxylic acids is 1. The molecule has 43 heavy (non-hydrogen) atoms. The molecule has 0 radical (unpaired) electrons. The minimum absolute atomic E-state index is 0.0987. The Kier molecular flexibility index (Phi) is 12.3. The fraction of sp³-hybridized carbons (Fsp3) is 0.433. The molecule has 0 bridgehead atoms. The third-order valence-corrected chi connectivity index (χ3v) is 6.86. The van der Waals surface area contributed by atoms with Gasteiger partial charge in [0, 0.05) is 19.1 Å². The van der Waals surface area contributed by atoms with E-state index in [1.165, 1.54) is 4.90 Å². The van der Waals surface area contributed by atoms with E-state index in [0.29, 0.717) is 50.5 Å². The van der Waals surface area contributed by atoms with Crippen molar-refractivity contribution in [1.82, 2.24) is 25.3 Å². The van der Waals surface area contributed by atoms with Crippen LogP contribution in [-0.4, -0.2) is 78.9 Å². The maximum Gasteiger partial charge on any atom is 0.326 e. The van der Waals surface area contributed by atoms with Gasteiger partial charge in [0.25, 0.3) is 0 Å². The number of likely N-dealkylation sites (tertiary alicyclic amines) is 1. The summed E-state index contributed by atoms with van der Waals surface area (Å²) >= 11 is 0. The van der Waals surface area contributed by atoms with Crippen molar-refractivity contribution < 1.29 is 34.1 Å². The van der Waals surface area contributed by atoms with E-state index in [0.717, 1.165) is 24.0 Å². The van der Waals surface area contributed by atoms with Crippen LogP contribution in [0.25, 0.3) is 0 Å². The second-order valence-electron chi connectivity index (χ2n) is 10.5. The number of urea groups is 1. The summed E-state index contributed by atoms with van der Waals surface area (Å²) in [6, 6.07) is 12.3. The molecule has 3 aromatic rings. The lowest BCUT2D eigenvalue weighted by molar-refractivity contribution is -0.144. The lowest BCUT2D eigenvalue weighted by Gasteiger charge is -2.23. The van der Waals surface area contributed by atoms with Crippen LogP contribution in [0.4, 0.5) is 4.79 Å². The van der Waals surface area contributed by atoms with E-state index in [4.69, 9.17) is 15.3 Å². The maximum absolute atomic E-state index is 12.8. The van der Waals surface area contributed by atoms with E-state index >= 15 is 0 Å². The number of amides is 3.